The second-order valence-electron chi connectivity index (χ2n) is 4.28. The minimum Gasteiger partial charge on any atom is -0.324 e. The maximum Gasteiger partial charge on any atom is 0.238 e. The summed E-state index contributed by atoms with van der Waals surface area (Å²) in [6, 6.07) is 3.09. The van der Waals surface area contributed by atoms with E-state index in [1.807, 2.05) is 0 Å². The molecule has 0 bridgehead atoms. The monoisotopic (exact) mass is 306 g/mol. The summed E-state index contributed by atoms with van der Waals surface area (Å²) in [6.07, 6.45) is 2.31. The molecule has 1 amide bonds. The topological polar surface area (TPSA) is 32.3 Å². The second-order valence-corrected chi connectivity index (χ2v) is 5.50. The molecule has 1 aromatic carbocycles. The smallest absolute Gasteiger partial charge is 0.238 e. The van der Waals surface area contributed by atoms with Gasteiger partial charge in [0.1, 0.15) is 0 Å². The van der Waals surface area contributed by atoms with Gasteiger partial charge >= 0.3 is 0 Å². The van der Waals surface area contributed by atoms with Crippen molar-refractivity contribution >= 4 is 46.4 Å². The van der Waals surface area contributed by atoms with Gasteiger partial charge in [-0.05, 0) is 38.1 Å². The predicted octanol–water partition coefficient (Wildman–Crippen LogP) is 3.68. The van der Waals surface area contributed by atoms with Crippen molar-refractivity contribution in [3.8, 4) is 0 Å². The number of benzene rings is 1. The molecule has 0 spiro atoms. The van der Waals surface area contributed by atoms with Gasteiger partial charge in [-0.3, -0.25) is 9.69 Å². The van der Waals surface area contributed by atoms with Gasteiger partial charge in [-0.2, -0.15) is 0 Å². The van der Waals surface area contributed by atoms with E-state index in [1.54, 1.807) is 6.07 Å². The second kappa shape index (κ2) is 6.11. The largest absolute Gasteiger partial charge is 0.324 e. The van der Waals surface area contributed by atoms with Crippen molar-refractivity contribution in [3.05, 3.63) is 27.2 Å². The van der Waals surface area contributed by atoms with E-state index in [2.05, 4.69) is 10.2 Å². The van der Waals surface area contributed by atoms with Crippen LogP contribution >= 0.6 is 34.8 Å². The summed E-state index contributed by atoms with van der Waals surface area (Å²) < 4.78 is 0. The molecule has 0 unspecified atom stereocenters. The fourth-order valence-electron chi connectivity index (χ4n) is 1.95. The van der Waals surface area contributed by atoms with Crippen LogP contribution in [0.15, 0.2) is 12.1 Å². The highest BCUT2D eigenvalue weighted by Crippen LogP contribution is 2.32. The number of carbonyl (C=O) groups is 1. The van der Waals surface area contributed by atoms with Gasteiger partial charge in [0, 0.05) is 0 Å². The zero-order valence-electron chi connectivity index (χ0n) is 9.68. The lowest BCUT2D eigenvalue weighted by Gasteiger charge is -2.15. The van der Waals surface area contributed by atoms with E-state index in [9.17, 15) is 4.79 Å². The zero-order chi connectivity index (χ0) is 13.1. The summed E-state index contributed by atoms with van der Waals surface area (Å²) in [5, 5.41) is 3.88. The average Bonchev–Trinajstić information content (AvgIpc) is 2.78. The van der Waals surface area contributed by atoms with E-state index in [4.69, 9.17) is 34.8 Å². The molecule has 1 aliphatic heterocycles. The Labute approximate surface area is 121 Å². The van der Waals surface area contributed by atoms with Crippen molar-refractivity contribution in [1.82, 2.24) is 4.90 Å². The summed E-state index contributed by atoms with van der Waals surface area (Å²) >= 11 is 17.7. The van der Waals surface area contributed by atoms with E-state index >= 15 is 0 Å². The molecule has 1 aliphatic rings. The fraction of sp³-hybridized carbons (Fsp3) is 0.417. The Balaban J connectivity index is 2.00. The molecule has 6 heteroatoms. The van der Waals surface area contributed by atoms with Crippen LogP contribution in [0.25, 0.3) is 0 Å². The number of nitrogens with zero attached hydrogens (tertiary/aromatic N) is 1. The predicted molar refractivity (Wildman–Crippen MR) is 75.8 cm³/mol. The highest BCUT2D eigenvalue weighted by molar-refractivity contribution is 6.44. The first-order valence-corrected chi connectivity index (χ1v) is 6.86. The first-order valence-electron chi connectivity index (χ1n) is 5.73. The molecule has 98 valence electrons. The van der Waals surface area contributed by atoms with Crippen LogP contribution in [0.3, 0.4) is 0 Å². The standard InChI is InChI=1S/C12H13Cl3N2O/c13-8-5-10(15)11(6-9(8)14)16-12(18)7-17-3-1-2-4-17/h5-6H,1-4,7H2,(H,16,18). The quantitative estimate of drug-likeness (QED) is 0.864. The maximum atomic E-state index is 11.8. The fourth-order valence-corrected chi connectivity index (χ4v) is 2.55. The molecular weight excluding hydrogens is 295 g/mol. The van der Waals surface area contributed by atoms with E-state index in [0.29, 0.717) is 27.3 Å². The number of halogens is 3. The van der Waals surface area contributed by atoms with Crippen LogP contribution in [-0.2, 0) is 4.79 Å². The Morgan fingerprint density at radius 2 is 1.72 bits per heavy atom. The summed E-state index contributed by atoms with van der Waals surface area (Å²) in [5.41, 5.74) is 0.496. The molecule has 1 fully saturated rings. The van der Waals surface area contributed by atoms with Crippen molar-refractivity contribution in [2.45, 2.75) is 12.8 Å². The summed E-state index contributed by atoms with van der Waals surface area (Å²) in [6.45, 7) is 2.33. The molecule has 0 aromatic heterocycles. The highest BCUT2D eigenvalue weighted by atomic mass is 35.5. The molecule has 0 aliphatic carbocycles. The molecule has 0 saturated carbocycles. The van der Waals surface area contributed by atoms with Gasteiger partial charge in [0.05, 0.1) is 27.3 Å². The molecule has 3 nitrogen and oxygen atoms in total. The third kappa shape index (κ3) is 3.51. The minimum atomic E-state index is -0.0859. The Kier molecular flexibility index (Phi) is 4.73. The molecule has 0 radical (unpaired) electrons. The molecule has 1 saturated heterocycles. The van der Waals surface area contributed by atoms with Crippen molar-refractivity contribution in [2.24, 2.45) is 0 Å². The van der Waals surface area contributed by atoms with Gasteiger partial charge in [-0.1, -0.05) is 34.8 Å². The molecule has 0 atom stereocenters. The maximum absolute atomic E-state index is 11.8. The first kappa shape index (κ1) is 13.9. The molecule has 1 N–H and O–H groups in total. The normalized spacial score (nSPS) is 15.9. The van der Waals surface area contributed by atoms with Crippen LogP contribution in [-0.4, -0.2) is 30.4 Å². The van der Waals surface area contributed by atoms with Gasteiger partial charge in [0.15, 0.2) is 0 Å². The summed E-state index contributed by atoms with van der Waals surface area (Å²) in [4.78, 5) is 13.9. The SMILES string of the molecule is O=C(CN1CCCC1)Nc1cc(Cl)c(Cl)cc1Cl. The van der Waals surface area contributed by atoms with Gasteiger partial charge in [0.2, 0.25) is 5.91 Å². The number of likely N-dealkylation sites (tertiary alicyclic amines) is 1. The molecule has 2 rings (SSSR count). The lowest BCUT2D eigenvalue weighted by atomic mass is 10.3. The van der Waals surface area contributed by atoms with E-state index in [1.165, 1.54) is 6.07 Å². The molecule has 18 heavy (non-hydrogen) atoms. The molecule has 1 aromatic rings. The van der Waals surface area contributed by atoms with E-state index in [-0.39, 0.29) is 5.91 Å². The lowest BCUT2D eigenvalue weighted by Crippen LogP contribution is -2.30. The Morgan fingerprint density at radius 1 is 1.11 bits per heavy atom. The van der Waals surface area contributed by atoms with Crippen molar-refractivity contribution in [2.75, 3.05) is 25.0 Å². The van der Waals surface area contributed by atoms with Crippen LogP contribution in [0.1, 0.15) is 12.8 Å². The number of amides is 1. The van der Waals surface area contributed by atoms with Crippen molar-refractivity contribution in [3.63, 3.8) is 0 Å². The molecule has 1 heterocycles. The van der Waals surface area contributed by atoms with Crippen LogP contribution in [0.4, 0.5) is 5.69 Å². The number of rotatable bonds is 3. The van der Waals surface area contributed by atoms with Crippen LogP contribution in [0.2, 0.25) is 15.1 Å². The van der Waals surface area contributed by atoms with Crippen LogP contribution < -0.4 is 5.32 Å². The van der Waals surface area contributed by atoms with Crippen LogP contribution in [0.5, 0.6) is 0 Å². The Morgan fingerprint density at radius 3 is 2.39 bits per heavy atom. The number of hydrogen-bond acceptors (Lipinski definition) is 2. The lowest BCUT2D eigenvalue weighted by molar-refractivity contribution is -0.117. The van der Waals surface area contributed by atoms with E-state index < -0.39 is 0 Å². The molecular formula is C12H13Cl3N2O. The van der Waals surface area contributed by atoms with Gasteiger partial charge in [-0.15, -0.1) is 0 Å². The van der Waals surface area contributed by atoms with Crippen molar-refractivity contribution < 1.29 is 4.79 Å². The number of hydrogen-bond donors (Lipinski definition) is 1. The summed E-state index contributed by atoms with van der Waals surface area (Å²) in [5.74, 6) is -0.0859. The first-order chi connectivity index (χ1) is 8.56. The number of nitrogens with one attached hydrogen (secondary N) is 1. The third-order valence-electron chi connectivity index (χ3n) is 2.85. The third-order valence-corrected chi connectivity index (χ3v) is 3.88. The zero-order valence-corrected chi connectivity index (χ0v) is 11.9. The van der Waals surface area contributed by atoms with Crippen LogP contribution in [0, 0.1) is 0 Å². The van der Waals surface area contributed by atoms with Crippen molar-refractivity contribution in [1.29, 1.82) is 0 Å². The highest BCUT2D eigenvalue weighted by Gasteiger charge is 2.16. The minimum absolute atomic E-state index is 0.0859. The van der Waals surface area contributed by atoms with Gasteiger partial charge < -0.3 is 5.32 Å². The number of anilines is 1. The Bertz CT molecular complexity index is 459. The van der Waals surface area contributed by atoms with E-state index in [0.717, 1.165) is 25.9 Å². The van der Waals surface area contributed by atoms with Gasteiger partial charge in [-0.25, -0.2) is 0 Å². The number of carbonyl (C=O) groups excluding carboxylic acids is 1. The Hall–Kier alpha value is -0.480. The average molecular weight is 308 g/mol. The van der Waals surface area contributed by atoms with Gasteiger partial charge in [0.25, 0.3) is 0 Å². The summed E-state index contributed by atoms with van der Waals surface area (Å²) in [7, 11) is 0.